The standard InChI is InChI=1S/C13H12BrClN2/c1-9-3-2-4-11(17-9)8-16-10-5-6-13(15)12(14)7-10/h2-7,16H,8H2,1H3. The van der Waals surface area contributed by atoms with Crippen molar-refractivity contribution in [2.45, 2.75) is 13.5 Å². The van der Waals surface area contributed by atoms with E-state index in [0.29, 0.717) is 11.6 Å². The zero-order valence-electron chi connectivity index (χ0n) is 9.37. The van der Waals surface area contributed by atoms with Crippen molar-refractivity contribution in [3.63, 3.8) is 0 Å². The minimum Gasteiger partial charge on any atom is -0.379 e. The van der Waals surface area contributed by atoms with Crippen LogP contribution in [0.3, 0.4) is 0 Å². The number of aromatic nitrogens is 1. The summed E-state index contributed by atoms with van der Waals surface area (Å²) in [5.41, 5.74) is 3.07. The van der Waals surface area contributed by atoms with Crippen molar-refractivity contribution in [3.8, 4) is 0 Å². The van der Waals surface area contributed by atoms with Gasteiger partial charge in [0.2, 0.25) is 0 Å². The number of anilines is 1. The molecule has 2 aromatic rings. The molecule has 2 nitrogen and oxygen atoms in total. The maximum atomic E-state index is 5.93. The maximum absolute atomic E-state index is 5.93. The summed E-state index contributed by atoms with van der Waals surface area (Å²) in [7, 11) is 0. The summed E-state index contributed by atoms with van der Waals surface area (Å²) >= 11 is 9.33. The Morgan fingerprint density at radius 3 is 2.82 bits per heavy atom. The number of hydrogen-bond donors (Lipinski definition) is 1. The average molecular weight is 312 g/mol. The van der Waals surface area contributed by atoms with E-state index in [1.54, 1.807) is 0 Å². The van der Waals surface area contributed by atoms with Gasteiger partial charge in [0.05, 0.1) is 17.3 Å². The van der Waals surface area contributed by atoms with Gasteiger partial charge in [0.25, 0.3) is 0 Å². The Kier molecular flexibility index (Phi) is 4.02. The average Bonchev–Trinajstić information content (AvgIpc) is 2.31. The highest BCUT2D eigenvalue weighted by Gasteiger charge is 1.99. The van der Waals surface area contributed by atoms with Gasteiger partial charge in [-0.2, -0.15) is 0 Å². The van der Waals surface area contributed by atoms with Crippen molar-refractivity contribution < 1.29 is 0 Å². The number of hydrogen-bond acceptors (Lipinski definition) is 2. The van der Waals surface area contributed by atoms with Crippen LogP contribution in [0.5, 0.6) is 0 Å². The lowest BCUT2D eigenvalue weighted by Crippen LogP contribution is -2.02. The van der Waals surface area contributed by atoms with Gasteiger partial charge in [-0.15, -0.1) is 0 Å². The van der Waals surface area contributed by atoms with Crippen molar-refractivity contribution >= 4 is 33.2 Å². The molecule has 0 bridgehead atoms. The second-order valence-electron chi connectivity index (χ2n) is 3.75. The molecular weight excluding hydrogens is 300 g/mol. The van der Waals surface area contributed by atoms with Crippen molar-refractivity contribution in [2.24, 2.45) is 0 Å². The summed E-state index contributed by atoms with van der Waals surface area (Å²) < 4.78 is 0.890. The molecule has 88 valence electrons. The fraction of sp³-hybridized carbons (Fsp3) is 0.154. The molecule has 0 spiro atoms. The number of rotatable bonds is 3. The zero-order valence-corrected chi connectivity index (χ0v) is 11.7. The molecule has 0 radical (unpaired) electrons. The van der Waals surface area contributed by atoms with E-state index in [1.165, 1.54) is 0 Å². The van der Waals surface area contributed by atoms with E-state index in [-0.39, 0.29) is 0 Å². The normalized spacial score (nSPS) is 10.3. The topological polar surface area (TPSA) is 24.9 Å². The van der Waals surface area contributed by atoms with Crippen LogP contribution in [0.4, 0.5) is 5.69 Å². The molecule has 1 heterocycles. The lowest BCUT2D eigenvalue weighted by Gasteiger charge is -2.07. The van der Waals surface area contributed by atoms with E-state index in [1.807, 2.05) is 43.3 Å². The summed E-state index contributed by atoms with van der Waals surface area (Å²) in [4.78, 5) is 4.43. The molecule has 1 N–H and O–H groups in total. The molecule has 2 rings (SSSR count). The lowest BCUT2D eigenvalue weighted by molar-refractivity contribution is 1.02. The van der Waals surface area contributed by atoms with Gasteiger partial charge in [0, 0.05) is 15.9 Å². The van der Waals surface area contributed by atoms with Gasteiger partial charge in [-0.3, -0.25) is 4.98 Å². The minimum atomic E-state index is 0.704. The van der Waals surface area contributed by atoms with Crippen LogP contribution in [-0.2, 0) is 6.54 Å². The summed E-state index contributed by atoms with van der Waals surface area (Å²) in [5.74, 6) is 0. The Balaban J connectivity index is 2.05. The number of benzene rings is 1. The van der Waals surface area contributed by atoms with Crippen LogP contribution in [0.1, 0.15) is 11.4 Å². The number of halogens is 2. The molecule has 0 saturated heterocycles. The molecule has 0 aliphatic carbocycles. The minimum absolute atomic E-state index is 0.704. The predicted octanol–water partition coefficient (Wildman–Crippen LogP) is 4.42. The molecule has 0 aliphatic rings. The first-order chi connectivity index (χ1) is 8.15. The van der Waals surface area contributed by atoms with Crippen molar-refractivity contribution in [1.29, 1.82) is 0 Å². The van der Waals surface area contributed by atoms with E-state index in [4.69, 9.17) is 11.6 Å². The second-order valence-corrected chi connectivity index (χ2v) is 5.01. The molecule has 0 fully saturated rings. The molecule has 0 amide bonds. The van der Waals surface area contributed by atoms with Crippen molar-refractivity contribution in [1.82, 2.24) is 4.98 Å². The molecule has 4 heteroatoms. The first-order valence-corrected chi connectivity index (χ1v) is 6.44. The number of nitrogens with zero attached hydrogens (tertiary/aromatic N) is 1. The van der Waals surface area contributed by atoms with Gasteiger partial charge in [-0.1, -0.05) is 17.7 Å². The van der Waals surface area contributed by atoms with Crippen molar-refractivity contribution in [2.75, 3.05) is 5.32 Å². The highest BCUT2D eigenvalue weighted by atomic mass is 79.9. The Labute approximate surface area is 114 Å². The number of nitrogens with one attached hydrogen (secondary N) is 1. The number of pyridine rings is 1. The monoisotopic (exact) mass is 310 g/mol. The molecule has 0 aliphatic heterocycles. The van der Waals surface area contributed by atoms with Crippen molar-refractivity contribution in [3.05, 3.63) is 57.3 Å². The van der Waals surface area contributed by atoms with Crippen LogP contribution < -0.4 is 5.32 Å². The molecular formula is C13H12BrClN2. The molecule has 17 heavy (non-hydrogen) atoms. The van der Waals surface area contributed by atoms with Gasteiger partial charge in [0.15, 0.2) is 0 Å². The largest absolute Gasteiger partial charge is 0.379 e. The van der Waals surface area contributed by atoms with E-state index in [2.05, 4.69) is 26.2 Å². The fourth-order valence-corrected chi connectivity index (χ4v) is 1.99. The highest BCUT2D eigenvalue weighted by molar-refractivity contribution is 9.10. The van der Waals surface area contributed by atoms with Crippen LogP contribution in [0.2, 0.25) is 5.02 Å². The Bertz CT molecular complexity index is 529. The van der Waals surface area contributed by atoms with Gasteiger partial charge >= 0.3 is 0 Å². The van der Waals surface area contributed by atoms with Crippen LogP contribution in [0, 0.1) is 6.92 Å². The molecule has 0 unspecified atom stereocenters. The third-order valence-electron chi connectivity index (χ3n) is 2.34. The summed E-state index contributed by atoms with van der Waals surface area (Å²) in [6, 6.07) is 11.8. The Hall–Kier alpha value is -1.06. The van der Waals surface area contributed by atoms with Gasteiger partial charge in [-0.25, -0.2) is 0 Å². The van der Waals surface area contributed by atoms with Crippen LogP contribution in [0.15, 0.2) is 40.9 Å². The van der Waals surface area contributed by atoms with E-state index < -0.39 is 0 Å². The number of aryl methyl sites for hydroxylation is 1. The quantitative estimate of drug-likeness (QED) is 0.907. The smallest absolute Gasteiger partial charge is 0.0597 e. The SMILES string of the molecule is Cc1cccc(CNc2ccc(Cl)c(Br)c2)n1. The fourth-order valence-electron chi connectivity index (χ4n) is 1.50. The van der Waals surface area contributed by atoms with Crippen LogP contribution in [-0.4, -0.2) is 4.98 Å². The second kappa shape index (κ2) is 5.52. The van der Waals surface area contributed by atoms with E-state index >= 15 is 0 Å². The molecule has 0 atom stereocenters. The lowest BCUT2D eigenvalue weighted by atomic mass is 10.3. The molecule has 1 aromatic carbocycles. The summed E-state index contributed by atoms with van der Waals surface area (Å²) in [6.45, 7) is 2.69. The summed E-state index contributed by atoms with van der Waals surface area (Å²) in [6.07, 6.45) is 0. The summed E-state index contributed by atoms with van der Waals surface area (Å²) in [5, 5.41) is 4.02. The Morgan fingerprint density at radius 2 is 2.12 bits per heavy atom. The predicted molar refractivity (Wildman–Crippen MR) is 75.5 cm³/mol. The van der Waals surface area contributed by atoms with Gasteiger partial charge < -0.3 is 5.32 Å². The zero-order chi connectivity index (χ0) is 12.3. The molecule has 0 saturated carbocycles. The van der Waals surface area contributed by atoms with Gasteiger partial charge in [0.1, 0.15) is 0 Å². The van der Waals surface area contributed by atoms with Crippen LogP contribution in [0.25, 0.3) is 0 Å². The van der Waals surface area contributed by atoms with E-state index in [9.17, 15) is 0 Å². The first kappa shape index (κ1) is 12.4. The highest BCUT2D eigenvalue weighted by Crippen LogP contribution is 2.25. The van der Waals surface area contributed by atoms with Crippen LogP contribution >= 0.6 is 27.5 Å². The first-order valence-electron chi connectivity index (χ1n) is 5.26. The third kappa shape index (κ3) is 3.45. The van der Waals surface area contributed by atoms with E-state index in [0.717, 1.165) is 21.5 Å². The molecule has 1 aromatic heterocycles. The maximum Gasteiger partial charge on any atom is 0.0597 e. The van der Waals surface area contributed by atoms with Gasteiger partial charge in [-0.05, 0) is 53.2 Å². The Morgan fingerprint density at radius 1 is 1.29 bits per heavy atom. The third-order valence-corrected chi connectivity index (χ3v) is 3.55.